The van der Waals surface area contributed by atoms with Gasteiger partial charge in [-0.1, -0.05) is 0 Å². The molecule has 1 heterocycles. The molecule has 2 rings (SSSR count). The molecule has 0 radical (unpaired) electrons. The number of aromatic nitrogens is 1. The minimum absolute atomic E-state index is 0.0149. The van der Waals surface area contributed by atoms with Gasteiger partial charge in [0.1, 0.15) is 10.7 Å². The fourth-order valence-electron chi connectivity index (χ4n) is 1.43. The van der Waals surface area contributed by atoms with Crippen LogP contribution in [0.2, 0.25) is 0 Å². The van der Waals surface area contributed by atoms with Gasteiger partial charge in [-0.25, -0.2) is 17.8 Å². The average molecular weight is 301 g/mol. The molecule has 0 fully saturated rings. The van der Waals surface area contributed by atoms with Crippen LogP contribution in [0.1, 0.15) is 10.6 Å². The summed E-state index contributed by atoms with van der Waals surface area (Å²) in [7, 11) is -3.94. The van der Waals surface area contributed by atoms with E-state index in [0.717, 1.165) is 22.7 Å². The van der Waals surface area contributed by atoms with Crippen LogP contribution in [0.3, 0.4) is 0 Å². The van der Waals surface area contributed by atoms with Crippen LogP contribution in [-0.2, 0) is 10.0 Å². The summed E-state index contributed by atoms with van der Waals surface area (Å²) in [4.78, 5) is 4.68. The monoisotopic (exact) mass is 301 g/mol. The van der Waals surface area contributed by atoms with Crippen molar-refractivity contribution in [3.05, 3.63) is 34.6 Å². The molecule has 1 aromatic heterocycles. The fraction of sp³-hybridized carbons (Fsp3) is 0.182. The minimum Gasteiger partial charge on any atom is -0.398 e. The number of nitrogen functional groups attached to an aromatic ring is 1. The van der Waals surface area contributed by atoms with E-state index in [1.165, 1.54) is 17.4 Å². The number of nitrogens with one attached hydrogen (secondary N) is 1. The molecule has 102 valence electrons. The SMILES string of the molecule is Cc1nc(NS(=O)(=O)c2cc(F)ccc2N)sc1C. The summed E-state index contributed by atoms with van der Waals surface area (Å²) in [6.07, 6.45) is 0. The molecule has 0 unspecified atom stereocenters. The zero-order chi connectivity index (χ0) is 14.2. The summed E-state index contributed by atoms with van der Waals surface area (Å²) in [6, 6.07) is 3.19. The summed E-state index contributed by atoms with van der Waals surface area (Å²) >= 11 is 1.21. The molecule has 0 amide bonds. The van der Waals surface area contributed by atoms with Crippen LogP contribution in [0.5, 0.6) is 0 Å². The number of rotatable bonds is 3. The average Bonchev–Trinajstić information content (AvgIpc) is 2.60. The first-order valence-corrected chi connectivity index (χ1v) is 7.61. The van der Waals surface area contributed by atoms with E-state index in [2.05, 4.69) is 9.71 Å². The predicted octanol–water partition coefficient (Wildman–Crippen LogP) is 2.28. The van der Waals surface area contributed by atoms with Crippen molar-refractivity contribution in [1.29, 1.82) is 0 Å². The second-order valence-electron chi connectivity index (χ2n) is 3.95. The standard InChI is InChI=1S/C11H12FN3O2S2/c1-6-7(2)18-11(14-6)15-19(16,17)10-5-8(12)3-4-9(10)13/h3-5H,13H2,1-2H3,(H,14,15). The van der Waals surface area contributed by atoms with E-state index in [-0.39, 0.29) is 15.7 Å². The molecule has 0 aliphatic carbocycles. The van der Waals surface area contributed by atoms with E-state index in [9.17, 15) is 12.8 Å². The number of benzene rings is 1. The lowest BCUT2D eigenvalue weighted by Crippen LogP contribution is -2.15. The van der Waals surface area contributed by atoms with Gasteiger partial charge in [0.2, 0.25) is 0 Å². The number of hydrogen-bond donors (Lipinski definition) is 2. The third-order valence-corrected chi connectivity index (χ3v) is 5.03. The van der Waals surface area contributed by atoms with E-state index in [1.54, 1.807) is 6.92 Å². The van der Waals surface area contributed by atoms with Crippen LogP contribution < -0.4 is 10.5 Å². The first kappa shape index (κ1) is 13.8. The number of nitrogens with zero attached hydrogens (tertiary/aromatic N) is 1. The van der Waals surface area contributed by atoms with Gasteiger partial charge >= 0.3 is 0 Å². The highest BCUT2D eigenvalue weighted by molar-refractivity contribution is 7.93. The van der Waals surface area contributed by atoms with Gasteiger partial charge in [-0.15, -0.1) is 11.3 Å². The third kappa shape index (κ3) is 2.85. The molecule has 3 N–H and O–H groups in total. The largest absolute Gasteiger partial charge is 0.398 e. The number of sulfonamides is 1. The van der Waals surface area contributed by atoms with Crippen molar-refractivity contribution in [2.24, 2.45) is 0 Å². The summed E-state index contributed by atoms with van der Waals surface area (Å²) in [5, 5.41) is 0.235. The maximum atomic E-state index is 13.1. The number of hydrogen-bond acceptors (Lipinski definition) is 5. The molecular weight excluding hydrogens is 289 g/mol. The van der Waals surface area contributed by atoms with Crippen LogP contribution in [0, 0.1) is 19.7 Å². The highest BCUT2D eigenvalue weighted by Gasteiger charge is 2.20. The normalized spacial score (nSPS) is 11.5. The van der Waals surface area contributed by atoms with Crippen LogP contribution in [0.15, 0.2) is 23.1 Å². The van der Waals surface area contributed by atoms with E-state index in [1.807, 2.05) is 6.92 Å². The van der Waals surface area contributed by atoms with E-state index >= 15 is 0 Å². The van der Waals surface area contributed by atoms with E-state index in [0.29, 0.717) is 0 Å². The smallest absolute Gasteiger partial charge is 0.265 e. The predicted molar refractivity (Wildman–Crippen MR) is 73.2 cm³/mol. The lowest BCUT2D eigenvalue weighted by atomic mass is 10.3. The molecule has 0 aliphatic rings. The van der Waals surface area contributed by atoms with Gasteiger partial charge in [-0.3, -0.25) is 4.72 Å². The zero-order valence-corrected chi connectivity index (χ0v) is 11.9. The maximum absolute atomic E-state index is 13.1. The topological polar surface area (TPSA) is 85.1 Å². The van der Waals surface area contributed by atoms with Gasteiger partial charge in [0.15, 0.2) is 5.13 Å². The molecule has 5 nitrogen and oxygen atoms in total. The Bertz CT molecular complexity index is 706. The minimum atomic E-state index is -3.94. The Hall–Kier alpha value is -1.67. The lowest BCUT2D eigenvalue weighted by molar-refractivity contribution is 0.596. The number of halogens is 1. The van der Waals surface area contributed by atoms with Crippen molar-refractivity contribution in [1.82, 2.24) is 4.98 Å². The van der Waals surface area contributed by atoms with Crippen molar-refractivity contribution in [3.63, 3.8) is 0 Å². The van der Waals surface area contributed by atoms with Gasteiger partial charge in [-0.05, 0) is 32.0 Å². The Morgan fingerprint density at radius 1 is 1.37 bits per heavy atom. The van der Waals surface area contributed by atoms with Crippen molar-refractivity contribution >= 4 is 32.2 Å². The molecule has 1 aromatic carbocycles. The highest BCUT2D eigenvalue weighted by Crippen LogP contribution is 2.26. The molecule has 0 atom stereocenters. The molecule has 0 saturated carbocycles. The number of nitrogens with two attached hydrogens (primary N) is 1. The van der Waals surface area contributed by atoms with Crippen molar-refractivity contribution in [2.45, 2.75) is 18.7 Å². The van der Waals surface area contributed by atoms with Crippen LogP contribution in [0.25, 0.3) is 0 Å². The maximum Gasteiger partial charge on any atom is 0.265 e. The van der Waals surface area contributed by atoms with Crippen LogP contribution >= 0.6 is 11.3 Å². The zero-order valence-electron chi connectivity index (χ0n) is 10.3. The Labute approximate surface area is 114 Å². The second-order valence-corrected chi connectivity index (χ2v) is 6.80. The van der Waals surface area contributed by atoms with Gasteiger partial charge in [0, 0.05) is 4.88 Å². The highest BCUT2D eigenvalue weighted by atomic mass is 32.2. The Kier molecular flexibility index (Phi) is 3.46. The second kappa shape index (κ2) is 4.78. The number of aryl methyl sites for hydroxylation is 2. The van der Waals surface area contributed by atoms with Crippen LogP contribution in [0.4, 0.5) is 15.2 Å². The molecule has 0 spiro atoms. The molecule has 19 heavy (non-hydrogen) atoms. The van der Waals surface area contributed by atoms with Crippen molar-refractivity contribution in [2.75, 3.05) is 10.5 Å². The fourth-order valence-corrected chi connectivity index (χ4v) is 3.62. The summed E-state index contributed by atoms with van der Waals surface area (Å²) in [6.45, 7) is 3.61. The molecule has 8 heteroatoms. The molecule has 2 aromatic rings. The third-order valence-electron chi connectivity index (χ3n) is 2.52. The Morgan fingerprint density at radius 2 is 2.05 bits per heavy atom. The molecule has 0 saturated heterocycles. The number of thiazole rings is 1. The summed E-state index contributed by atoms with van der Waals surface area (Å²) in [5.74, 6) is -0.666. The Balaban J connectivity index is 2.40. The quantitative estimate of drug-likeness (QED) is 0.852. The van der Waals surface area contributed by atoms with Crippen molar-refractivity contribution < 1.29 is 12.8 Å². The van der Waals surface area contributed by atoms with Gasteiger partial charge in [-0.2, -0.15) is 0 Å². The van der Waals surface area contributed by atoms with Gasteiger partial charge in [0.25, 0.3) is 10.0 Å². The number of anilines is 2. The summed E-state index contributed by atoms with van der Waals surface area (Å²) < 4.78 is 39.6. The first-order chi connectivity index (χ1) is 8.79. The lowest BCUT2D eigenvalue weighted by Gasteiger charge is -2.07. The van der Waals surface area contributed by atoms with E-state index in [4.69, 9.17) is 5.73 Å². The molecular formula is C11H12FN3O2S2. The van der Waals surface area contributed by atoms with Gasteiger partial charge < -0.3 is 5.73 Å². The molecule has 0 bridgehead atoms. The van der Waals surface area contributed by atoms with Crippen LogP contribution in [-0.4, -0.2) is 13.4 Å². The van der Waals surface area contributed by atoms with Crippen molar-refractivity contribution in [3.8, 4) is 0 Å². The summed E-state index contributed by atoms with van der Waals surface area (Å²) in [5.41, 5.74) is 6.29. The molecule has 0 aliphatic heterocycles. The van der Waals surface area contributed by atoms with Gasteiger partial charge in [0.05, 0.1) is 11.4 Å². The van der Waals surface area contributed by atoms with E-state index < -0.39 is 15.8 Å². The first-order valence-electron chi connectivity index (χ1n) is 5.31. The Morgan fingerprint density at radius 3 is 2.63 bits per heavy atom.